The van der Waals surface area contributed by atoms with Crippen molar-refractivity contribution in [2.24, 2.45) is 5.92 Å². The number of carbonyl (C=O) groups excluding carboxylic acids is 1. The fourth-order valence-corrected chi connectivity index (χ4v) is 2.42. The maximum absolute atomic E-state index is 12.2. The Labute approximate surface area is 115 Å². The van der Waals surface area contributed by atoms with Gasteiger partial charge in [-0.3, -0.25) is 19.1 Å². The number of nitrogens with one attached hydrogen (secondary N) is 2. The number of nitrogens with two attached hydrogens (primary N) is 1. The van der Waals surface area contributed by atoms with Crippen LogP contribution < -0.4 is 22.3 Å². The summed E-state index contributed by atoms with van der Waals surface area (Å²) in [5.74, 6) is -0.427. The molecule has 2 rings (SSSR count). The van der Waals surface area contributed by atoms with E-state index >= 15 is 0 Å². The number of nitrogens with zero attached hydrogens (tertiary/aromatic N) is 1. The first-order valence-corrected chi connectivity index (χ1v) is 6.59. The third-order valence-electron chi connectivity index (χ3n) is 3.50. The molecule has 1 aromatic heterocycles. The van der Waals surface area contributed by atoms with Crippen molar-refractivity contribution in [1.29, 1.82) is 0 Å². The smallest absolute Gasteiger partial charge is 0.330 e. The molecule has 1 heterocycles. The van der Waals surface area contributed by atoms with Crippen molar-refractivity contribution in [1.82, 2.24) is 9.55 Å². The van der Waals surface area contributed by atoms with Gasteiger partial charge in [0.05, 0.1) is 0 Å². The second-order valence-corrected chi connectivity index (χ2v) is 4.89. The number of aromatic amines is 1. The summed E-state index contributed by atoms with van der Waals surface area (Å²) in [6.45, 7) is 3.54. The van der Waals surface area contributed by atoms with Crippen LogP contribution in [0, 0.1) is 5.92 Å². The second-order valence-electron chi connectivity index (χ2n) is 4.89. The van der Waals surface area contributed by atoms with Crippen molar-refractivity contribution >= 4 is 17.4 Å². The highest BCUT2D eigenvalue weighted by Crippen LogP contribution is 2.25. The lowest BCUT2D eigenvalue weighted by Gasteiger charge is -2.12. The monoisotopic (exact) mass is 278 g/mol. The summed E-state index contributed by atoms with van der Waals surface area (Å²) in [6, 6.07) is 0. The Balaban J connectivity index is 2.33. The van der Waals surface area contributed by atoms with E-state index in [-0.39, 0.29) is 29.9 Å². The molecule has 20 heavy (non-hydrogen) atoms. The Kier molecular flexibility index (Phi) is 4.07. The summed E-state index contributed by atoms with van der Waals surface area (Å²) < 4.78 is 0.938. The number of allylic oxidation sites excluding steroid dienone is 1. The molecule has 0 radical (unpaired) electrons. The summed E-state index contributed by atoms with van der Waals surface area (Å²) in [7, 11) is 0. The molecule has 4 N–H and O–H groups in total. The molecule has 0 aliphatic heterocycles. The van der Waals surface area contributed by atoms with Gasteiger partial charge in [0.1, 0.15) is 11.5 Å². The zero-order valence-electron chi connectivity index (χ0n) is 11.1. The third kappa shape index (κ3) is 2.66. The van der Waals surface area contributed by atoms with Crippen molar-refractivity contribution in [3.05, 3.63) is 33.5 Å². The number of hydrogen-bond acceptors (Lipinski definition) is 4. The van der Waals surface area contributed by atoms with E-state index < -0.39 is 11.2 Å². The minimum absolute atomic E-state index is 0.0563. The van der Waals surface area contributed by atoms with E-state index in [1.54, 1.807) is 0 Å². The van der Waals surface area contributed by atoms with Gasteiger partial charge < -0.3 is 11.1 Å². The van der Waals surface area contributed by atoms with Crippen molar-refractivity contribution in [2.75, 3.05) is 11.1 Å². The van der Waals surface area contributed by atoms with Gasteiger partial charge in [-0.1, -0.05) is 18.9 Å². The summed E-state index contributed by atoms with van der Waals surface area (Å²) in [5.41, 5.74) is 4.33. The predicted molar refractivity (Wildman–Crippen MR) is 76.5 cm³/mol. The van der Waals surface area contributed by atoms with Crippen molar-refractivity contribution in [3.63, 3.8) is 0 Å². The largest absolute Gasteiger partial charge is 0.383 e. The van der Waals surface area contributed by atoms with Crippen LogP contribution in [0.2, 0.25) is 0 Å². The van der Waals surface area contributed by atoms with Crippen LogP contribution in [-0.2, 0) is 11.3 Å². The lowest BCUT2D eigenvalue weighted by molar-refractivity contribution is -0.119. The van der Waals surface area contributed by atoms with Gasteiger partial charge in [0, 0.05) is 12.5 Å². The highest BCUT2D eigenvalue weighted by Gasteiger charge is 2.24. The summed E-state index contributed by atoms with van der Waals surface area (Å²) in [4.78, 5) is 38.2. The van der Waals surface area contributed by atoms with Crippen LogP contribution >= 0.6 is 0 Å². The first-order chi connectivity index (χ1) is 9.54. The first kappa shape index (κ1) is 14.1. The quantitative estimate of drug-likeness (QED) is 0.694. The van der Waals surface area contributed by atoms with E-state index in [1.165, 1.54) is 6.08 Å². The van der Waals surface area contributed by atoms with E-state index in [0.29, 0.717) is 0 Å². The van der Waals surface area contributed by atoms with Crippen molar-refractivity contribution < 1.29 is 4.79 Å². The highest BCUT2D eigenvalue weighted by atomic mass is 16.2. The van der Waals surface area contributed by atoms with Crippen LogP contribution in [0.3, 0.4) is 0 Å². The number of anilines is 2. The van der Waals surface area contributed by atoms with E-state index in [2.05, 4.69) is 16.9 Å². The van der Waals surface area contributed by atoms with Gasteiger partial charge >= 0.3 is 5.69 Å². The van der Waals surface area contributed by atoms with Crippen LogP contribution in [0.1, 0.15) is 25.7 Å². The second kappa shape index (κ2) is 5.77. The van der Waals surface area contributed by atoms with Crippen LogP contribution in [0.25, 0.3) is 0 Å². The molecule has 0 unspecified atom stereocenters. The molecular weight excluding hydrogens is 260 g/mol. The topological polar surface area (TPSA) is 110 Å². The standard InChI is InChI=1S/C13H18N4O3/c1-2-7-17-12(19)9(10(14)16-13(17)20)15-11(18)8-5-3-4-6-8/h2,8H,1,3-7,14H2,(H,15,18)(H,16,20). The van der Waals surface area contributed by atoms with E-state index in [9.17, 15) is 14.4 Å². The molecule has 0 saturated heterocycles. The van der Waals surface area contributed by atoms with Gasteiger partial charge in [0.15, 0.2) is 0 Å². The van der Waals surface area contributed by atoms with Gasteiger partial charge in [-0.15, -0.1) is 6.58 Å². The Hall–Kier alpha value is -2.31. The Morgan fingerprint density at radius 3 is 2.70 bits per heavy atom. The van der Waals surface area contributed by atoms with E-state index in [1.807, 2.05) is 0 Å². The van der Waals surface area contributed by atoms with Gasteiger partial charge in [-0.05, 0) is 12.8 Å². The lowest BCUT2D eigenvalue weighted by atomic mass is 10.1. The average molecular weight is 278 g/mol. The molecule has 7 nitrogen and oxygen atoms in total. The number of nitrogen functional groups attached to an aromatic ring is 1. The van der Waals surface area contributed by atoms with Gasteiger partial charge in [-0.25, -0.2) is 4.79 Å². The number of H-pyrrole nitrogens is 1. The molecule has 108 valence electrons. The average Bonchev–Trinajstić information content (AvgIpc) is 2.93. The zero-order valence-corrected chi connectivity index (χ0v) is 11.1. The SMILES string of the molecule is C=CCn1c(=O)[nH]c(N)c(NC(=O)C2CCCC2)c1=O. The first-order valence-electron chi connectivity index (χ1n) is 6.59. The number of amides is 1. The summed E-state index contributed by atoms with van der Waals surface area (Å²) in [5, 5.41) is 2.54. The Bertz CT molecular complexity index is 638. The molecule has 1 aliphatic carbocycles. The molecule has 7 heteroatoms. The minimum Gasteiger partial charge on any atom is -0.383 e. The highest BCUT2D eigenvalue weighted by molar-refractivity contribution is 5.94. The van der Waals surface area contributed by atoms with Crippen molar-refractivity contribution in [2.45, 2.75) is 32.2 Å². The van der Waals surface area contributed by atoms with Crippen LogP contribution in [0.5, 0.6) is 0 Å². The van der Waals surface area contributed by atoms with E-state index in [4.69, 9.17) is 5.73 Å². The predicted octanol–water partition coefficient (Wildman–Crippen LogP) is 0.433. The normalized spacial score (nSPS) is 15.2. The molecule has 1 aliphatic rings. The molecule has 1 amide bonds. The van der Waals surface area contributed by atoms with Crippen LogP contribution in [0.4, 0.5) is 11.5 Å². The number of carbonyl (C=O) groups is 1. The maximum atomic E-state index is 12.2. The van der Waals surface area contributed by atoms with Gasteiger partial charge in [0.2, 0.25) is 5.91 Å². The lowest BCUT2D eigenvalue weighted by Crippen LogP contribution is -2.38. The van der Waals surface area contributed by atoms with Crippen LogP contribution in [0.15, 0.2) is 22.2 Å². The molecule has 0 aromatic carbocycles. The number of aromatic nitrogens is 2. The molecular formula is C13H18N4O3. The molecule has 1 fully saturated rings. The molecule has 0 spiro atoms. The number of hydrogen-bond donors (Lipinski definition) is 3. The fraction of sp³-hybridized carbons (Fsp3) is 0.462. The van der Waals surface area contributed by atoms with Gasteiger partial charge in [0.25, 0.3) is 5.56 Å². The zero-order chi connectivity index (χ0) is 14.7. The molecule has 1 saturated carbocycles. The maximum Gasteiger partial charge on any atom is 0.330 e. The van der Waals surface area contributed by atoms with E-state index in [0.717, 1.165) is 30.3 Å². The van der Waals surface area contributed by atoms with Gasteiger partial charge in [-0.2, -0.15) is 0 Å². The minimum atomic E-state index is -0.619. The Morgan fingerprint density at radius 2 is 2.10 bits per heavy atom. The molecule has 1 aromatic rings. The molecule has 0 bridgehead atoms. The summed E-state index contributed by atoms with van der Waals surface area (Å²) in [6.07, 6.45) is 5.08. The van der Waals surface area contributed by atoms with Crippen molar-refractivity contribution in [3.8, 4) is 0 Å². The van der Waals surface area contributed by atoms with Crippen LogP contribution in [-0.4, -0.2) is 15.5 Å². The third-order valence-corrected chi connectivity index (χ3v) is 3.50. The fourth-order valence-electron chi connectivity index (χ4n) is 2.42. The number of rotatable bonds is 4. The summed E-state index contributed by atoms with van der Waals surface area (Å²) >= 11 is 0. The molecule has 0 atom stereocenters. The Morgan fingerprint density at radius 1 is 1.45 bits per heavy atom.